The molecule has 0 fully saturated rings. The normalized spacial score (nSPS) is 12.2. The maximum Gasteiger partial charge on any atom is 0.126 e. The van der Waals surface area contributed by atoms with Gasteiger partial charge in [0.05, 0.1) is 23.6 Å². The van der Waals surface area contributed by atoms with E-state index in [1.54, 1.807) is 7.11 Å². The van der Waals surface area contributed by atoms with Gasteiger partial charge in [0.25, 0.3) is 0 Å². The molecule has 20 heavy (non-hydrogen) atoms. The fourth-order valence-electron chi connectivity index (χ4n) is 2.36. The monoisotopic (exact) mass is 278 g/mol. The van der Waals surface area contributed by atoms with Crippen LogP contribution in [-0.4, -0.2) is 37.1 Å². The van der Waals surface area contributed by atoms with Gasteiger partial charge in [0.15, 0.2) is 0 Å². The Bertz CT molecular complexity index is 473. The first-order valence-electron chi connectivity index (χ1n) is 7.00. The molecule has 5 nitrogen and oxygen atoms in total. The highest BCUT2D eigenvalue weighted by molar-refractivity contribution is 6.01. The average Bonchev–Trinajstić information content (AvgIpc) is 2.37. The molecule has 112 valence electrons. The van der Waals surface area contributed by atoms with Crippen molar-refractivity contribution >= 4 is 11.5 Å². The Kier molecular flexibility index (Phi) is 5.95. The second-order valence-electron chi connectivity index (χ2n) is 5.10. The number of hydrogen-bond donors (Lipinski definition) is 2. The number of amidine groups is 1. The summed E-state index contributed by atoms with van der Waals surface area (Å²) in [6.07, 6.45) is 1.02. The largest absolute Gasteiger partial charge is 0.384 e. The molecule has 0 saturated heterocycles. The van der Waals surface area contributed by atoms with Gasteiger partial charge in [-0.3, -0.25) is 10.4 Å². The van der Waals surface area contributed by atoms with Crippen LogP contribution in [0.2, 0.25) is 0 Å². The Morgan fingerprint density at radius 1 is 1.50 bits per heavy atom. The molecule has 1 rings (SSSR count). The van der Waals surface area contributed by atoms with Crippen LogP contribution in [0.15, 0.2) is 6.07 Å². The van der Waals surface area contributed by atoms with E-state index in [9.17, 15) is 0 Å². The van der Waals surface area contributed by atoms with Gasteiger partial charge in [0, 0.05) is 25.4 Å². The van der Waals surface area contributed by atoms with E-state index in [1.165, 1.54) is 0 Å². The number of rotatable bonds is 7. The number of methoxy groups -OCH3 is 1. The molecular weight excluding hydrogens is 252 g/mol. The number of hydrogen-bond acceptors (Lipinski definition) is 4. The smallest absolute Gasteiger partial charge is 0.126 e. The molecule has 0 bridgehead atoms. The lowest BCUT2D eigenvalue weighted by atomic mass is 10.1. The zero-order valence-electron chi connectivity index (χ0n) is 13.2. The van der Waals surface area contributed by atoms with E-state index in [0.717, 1.165) is 35.6 Å². The molecule has 0 aliphatic heterocycles. The number of ether oxygens (including phenoxy) is 1. The summed E-state index contributed by atoms with van der Waals surface area (Å²) in [6, 6.07) is 2.36. The molecule has 1 aromatic heterocycles. The highest BCUT2D eigenvalue weighted by Gasteiger charge is 2.20. The van der Waals surface area contributed by atoms with Crippen LogP contribution in [0, 0.1) is 19.3 Å². The number of pyridine rings is 1. The maximum absolute atomic E-state index is 7.84. The van der Waals surface area contributed by atoms with Crippen molar-refractivity contribution < 1.29 is 4.74 Å². The predicted octanol–water partition coefficient (Wildman–Crippen LogP) is 2.23. The Morgan fingerprint density at radius 2 is 2.15 bits per heavy atom. The van der Waals surface area contributed by atoms with Crippen LogP contribution in [0.4, 0.5) is 5.69 Å². The number of nitrogens with zero attached hydrogens (tertiary/aromatic N) is 2. The third-order valence-corrected chi connectivity index (χ3v) is 3.55. The number of anilines is 1. The highest BCUT2D eigenvalue weighted by Crippen LogP contribution is 2.26. The van der Waals surface area contributed by atoms with Gasteiger partial charge in [-0.15, -0.1) is 0 Å². The molecule has 3 N–H and O–H groups in total. The first kappa shape index (κ1) is 16.4. The van der Waals surface area contributed by atoms with Crippen LogP contribution >= 0.6 is 0 Å². The molecule has 1 heterocycles. The van der Waals surface area contributed by atoms with Crippen LogP contribution in [0.25, 0.3) is 0 Å². The minimum Gasteiger partial charge on any atom is -0.384 e. The minimum absolute atomic E-state index is 0.0655. The number of nitrogen functional groups attached to an aromatic ring is 1. The van der Waals surface area contributed by atoms with Crippen molar-refractivity contribution in [3.8, 4) is 0 Å². The van der Waals surface area contributed by atoms with Crippen molar-refractivity contribution in [2.75, 3.05) is 25.2 Å². The SMILES string of the molecule is CCC(C)N(CCOC)c1cc(C)nc(C)c1C(=N)N. The summed E-state index contributed by atoms with van der Waals surface area (Å²) in [6.45, 7) is 9.60. The van der Waals surface area contributed by atoms with Crippen molar-refractivity contribution in [1.82, 2.24) is 4.98 Å². The van der Waals surface area contributed by atoms with E-state index in [4.69, 9.17) is 15.9 Å². The highest BCUT2D eigenvalue weighted by atomic mass is 16.5. The number of nitrogens with one attached hydrogen (secondary N) is 1. The second kappa shape index (κ2) is 7.24. The van der Waals surface area contributed by atoms with Crippen molar-refractivity contribution in [2.45, 2.75) is 40.2 Å². The predicted molar refractivity (Wildman–Crippen MR) is 83.7 cm³/mol. The molecule has 5 heteroatoms. The van der Waals surface area contributed by atoms with Crippen molar-refractivity contribution in [3.63, 3.8) is 0 Å². The third kappa shape index (κ3) is 3.70. The Labute approximate surface area is 121 Å². The number of nitrogens with two attached hydrogens (primary N) is 1. The number of aryl methyl sites for hydroxylation is 2. The van der Waals surface area contributed by atoms with Gasteiger partial charge in [0.2, 0.25) is 0 Å². The van der Waals surface area contributed by atoms with Gasteiger partial charge in [-0.1, -0.05) is 6.92 Å². The van der Waals surface area contributed by atoms with Crippen LogP contribution in [0.5, 0.6) is 0 Å². The van der Waals surface area contributed by atoms with E-state index in [0.29, 0.717) is 12.6 Å². The minimum atomic E-state index is 0.0655. The van der Waals surface area contributed by atoms with Crippen LogP contribution in [0.1, 0.15) is 37.2 Å². The summed E-state index contributed by atoms with van der Waals surface area (Å²) >= 11 is 0. The molecule has 0 aromatic carbocycles. The van der Waals surface area contributed by atoms with E-state index < -0.39 is 0 Å². The number of aromatic nitrogens is 1. The van der Waals surface area contributed by atoms with E-state index in [1.807, 2.05) is 19.9 Å². The van der Waals surface area contributed by atoms with Gasteiger partial charge in [0.1, 0.15) is 5.84 Å². The quantitative estimate of drug-likeness (QED) is 0.592. The summed E-state index contributed by atoms with van der Waals surface area (Å²) in [5.41, 5.74) is 9.21. The summed E-state index contributed by atoms with van der Waals surface area (Å²) in [5, 5.41) is 7.84. The van der Waals surface area contributed by atoms with Crippen LogP contribution in [0.3, 0.4) is 0 Å². The van der Waals surface area contributed by atoms with Gasteiger partial charge >= 0.3 is 0 Å². The molecule has 1 aromatic rings. The fourth-order valence-corrected chi connectivity index (χ4v) is 2.36. The molecule has 0 amide bonds. The van der Waals surface area contributed by atoms with E-state index >= 15 is 0 Å². The zero-order valence-corrected chi connectivity index (χ0v) is 13.2. The Hall–Kier alpha value is -1.62. The lowest BCUT2D eigenvalue weighted by molar-refractivity contribution is 0.203. The summed E-state index contributed by atoms with van der Waals surface area (Å²) < 4.78 is 5.21. The van der Waals surface area contributed by atoms with Gasteiger partial charge < -0.3 is 15.4 Å². The summed E-state index contributed by atoms with van der Waals surface area (Å²) in [7, 11) is 1.70. The summed E-state index contributed by atoms with van der Waals surface area (Å²) in [5.74, 6) is 0.0655. The third-order valence-electron chi connectivity index (χ3n) is 3.55. The van der Waals surface area contributed by atoms with Crippen molar-refractivity contribution in [2.24, 2.45) is 5.73 Å². The molecule has 0 aliphatic rings. The standard InChI is InChI=1S/C15H26N4O/c1-6-11(3)19(7-8-20-5)13-9-10(2)18-12(4)14(13)15(16)17/h9,11H,6-8H2,1-5H3,(H3,16,17). The topological polar surface area (TPSA) is 75.2 Å². The maximum atomic E-state index is 7.84. The first-order chi connectivity index (χ1) is 9.42. The van der Waals surface area contributed by atoms with Crippen molar-refractivity contribution in [3.05, 3.63) is 23.0 Å². The molecule has 0 saturated carbocycles. The summed E-state index contributed by atoms with van der Waals surface area (Å²) in [4.78, 5) is 6.68. The van der Waals surface area contributed by atoms with Crippen molar-refractivity contribution in [1.29, 1.82) is 5.41 Å². The Morgan fingerprint density at radius 3 is 2.65 bits per heavy atom. The van der Waals surface area contributed by atoms with Gasteiger partial charge in [-0.2, -0.15) is 0 Å². The zero-order chi connectivity index (χ0) is 15.3. The second-order valence-corrected chi connectivity index (χ2v) is 5.10. The fraction of sp³-hybridized carbons (Fsp3) is 0.600. The van der Waals surface area contributed by atoms with Gasteiger partial charge in [-0.25, -0.2) is 0 Å². The molecule has 1 atom stereocenters. The first-order valence-corrected chi connectivity index (χ1v) is 7.00. The molecule has 0 spiro atoms. The van der Waals surface area contributed by atoms with Crippen LogP contribution in [-0.2, 0) is 4.74 Å². The molecule has 0 aliphatic carbocycles. The lowest BCUT2D eigenvalue weighted by Crippen LogP contribution is -2.37. The van der Waals surface area contributed by atoms with E-state index in [-0.39, 0.29) is 5.84 Å². The molecule has 0 radical (unpaired) electrons. The molecule has 1 unspecified atom stereocenters. The lowest BCUT2D eigenvalue weighted by Gasteiger charge is -2.32. The molecular formula is C15H26N4O. The van der Waals surface area contributed by atoms with Crippen LogP contribution < -0.4 is 10.6 Å². The van der Waals surface area contributed by atoms with E-state index in [2.05, 4.69) is 23.7 Å². The average molecular weight is 278 g/mol. The van der Waals surface area contributed by atoms with Gasteiger partial charge in [-0.05, 0) is 33.3 Å². The Balaban J connectivity index is 3.33.